The molecule has 0 bridgehead atoms. The fourth-order valence-electron chi connectivity index (χ4n) is 1.77. The van der Waals surface area contributed by atoms with E-state index in [0.29, 0.717) is 28.9 Å². The number of halogens is 1. The van der Waals surface area contributed by atoms with Gasteiger partial charge in [-0.3, -0.25) is 0 Å². The van der Waals surface area contributed by atoms with Gasteiger partial charge in [0.15, 0.2) is 0 Å². The van der Waals surface area contributed by atoms with Gasteiger partial charge in [0, 0.05) is 11.1 Å². The molecule has 7 heteroatoms. The number of aryl methyl sites for hydroxylation is 1. The van der Waals surface area contributed by atoms with Gasteiger partial charge in [0.25, 0.3) is 5.22 Å². The molecule has 0 saturated carbocycles. The van der Waals surface area contributed by atoms with Crippen LogP contribution in [0, 0.1) is 12.7 Å². The topological polar surface area (TPSA) is 51.8 Å². The maximum Gasteiger partial charge on any atom is 0.276 e. The number of aromatic nitrogens is 3. The first-order valence-electron chi connectivity index (χ1n) is 6.30. The van der Waals surface area contributed by atoms with Gasteiger partial charge in [0.1, 0.15) is 5.82 Å². The first kappa shape index (κ1) is 14.2. The van der Waals surface area contributed by atoms with Crippen LogP contribution in [0.3, 0.4) is 0 Å². The summed E-state index contributed by atoms with van der Waals surface area (Å²) in [6.45, 7) is 1.96. The molecule has 0 amide bonds. The minimum Gasteiger partial charge on any atom is -0.416 e. The Morgan fingerprint density at radius 1 is 1.29 bits per heavy atom. The number of hydrogen-bond donors (Lipinski definition) is 0. The van der Waals surface area contributed by atoms with Crippen LogP contribution in [0.15, 0.2) is 39.3 Å². The van der Waals surface area contributed by atoms with Crippen molar-refractivity contribution in [3.8, 4) is 0 Å². The van der Waals surface area contributed by atoms with Crippen LogP contribution in [0.1, 0.15) is 22.2 Å². The number of thioether (sulfide) groups is 1. The molecule has 21 heavy (non-hydrogen) atoms. The van der Waals surface area contributed by atoms with Crippen LogP contribution in [0.4, 0.5) is 4.39 Å². The quantitative estimate of drug-likeness (QED) is 0.668. The highest BCUT2D eigenvalue weighted by Crippen LogP contribution is 2.23. The largest absolute Gasteiger partial charge is 0.416 e. The SMILES string of the molecule is Cc1nc(Cc2nnc(SCc3ccccc3F)o2)cs1. The highest BCUT2D eigenvalue weighted by molar-refractivity contribution is 7.98. The second kappa shape index (κ2) is 6.36. The maximum absolute atomic E-state index is 13.5. The van der Waals surface area contributed by atoms with Gasteiger partial charge in [-0.25, -0.2) is 9.37 Å². The maximum atomic E-state index is 13.5. The van der Waals surface area contributed by atoms with Gasteiger partial charge in [-0.1, -0.05) is 30.0 Å². The average Bonchev–Trinajstić information content (AvgIpc) is 3.08. The lowest BCUT2D eigenvalue weighted by Gasteiger charge is -1.99. The highest BCUT2D eigenvalue weighted by atomic mass is 32.2. The molecular formula is C14H12FN3OS2. The van der Waals surface area contributed by atoms with E-state index < -0.39 is 0 Å². The Morgan fingerprint density at radius 3 is 2.90 bits per heavy atom. The van der Waals surface area contributed by atoms with Crippen LogP contribution in [0.2, 0.25) is 0 Å². The van der Waals surface area contributed by atoms with Gasteiger partial charge < -0.3 is 4.42 Å². The standard InChI is InChI=1S/C14H12FN3OS2/c1-9-16-11(8-20-9)6-13-17-18-14(19-13)21-7-10-4-2-3-5-12(10)15/h2-5,8H,6-7H2,1H3. The van der Waals surface area contributed by atoms with Gasteiger partial charge >= 0.3 is 0 Å². The molecule has 3 rings (SSSR count). The molecule has 0 N–H and O–H groups in total. The lowest BCUT2D eigenvalue weighted by molar-refractivity contribution is 0.419. The third-order valence-electron chi connectivity index (χ3n) is 2.76. The molecular weight excluding hydrogens is 309 g/mol. The molecule has 0 aliphatic heterocycles. The van der Waals surface area contributed by atoms with E-state index in [1.807, 2.05) is 18.4 Å². The van der Waals surface area contributed by atoms with Crippen molar-refractivity contribution in [3.63, 3.8) is 0 Å². The van der Waals surface area contributed by atoms with Crippen molar-refractivity contribution >= 4 is 23.1 Å². The highest BCUT2D eigenvalue weighted by Gasteiger charge is 2.10. The van der Waals surface area contributed by atoms with Gasteiger partial charge in [-0.05, 0) is 18.6 Å². The first-order chi connectivity index (χ1) is 10.2. The Kier molecular flexibility index (Phi) is 4.31. The third kappa shape index (κ3) is 3.68. The number of nitrogens with zero attached hydrogens (tertiary/aromatic N) is 3. The number of rotatable bonds is 5. The zero-order chi connectivity index (χ0) is 14.7. The van der Waals surface area contributed by atoms with Gasteiger partial charge in [-0.2, -0.15) is 0 Å². The Morgan fingerprint density at radius 2 is 2.14 bits per heavy atom. The van der Waals surface area contributed by atoms with E-state index in [2.05, 4.69) is 15.2 Å². The molecule has 2 heterocycles. The second-order valence-corrected chi connectivity index (χ2v) is 6.37. The molecule has 0 unspecified atom stereocenters. The Balaban J connectivity index is 1.61. The molecule has 0 fully saturated rings. The van der Waals surface area contributed by atoms with Crippen molar-refractivity contribution in [2.75, 3.05) is 0 Å². The summed E-state index contributed by atoms with van der Waals surface area (Å²) in [6, 6.07) is 6.67. The number of benzene rings is 1. The molecule has 108 valence electrons. The number of hydrogen-bond acceptors (Lipinski definition) is 6. The van der Waals surface area contributed by atoms with E-state index in [1.54, 1.807) is 23.5 Å². The van der Waals surface area contributed by atoms with Crippen LogP contribution in [-0.4, -0.2) is 15.2 Å². The fourth-order valence-corrected chi connectivity index (χ4v) is 3.15. The molecule has 0 aliphatic carbocycles. The van der Waals surface area contributed by atoms with Crippen LogP contribution in [0.5, 0.6) is 0 Å². The lowest BCUT2D eigenvalue weighted by Crippen LogP contribution is -1.88. The summed E-state index contributed by atoms with van der Waals surface area (Å²) in [4.78, 5) is 4.35. The van der Waals surface area contributed by atoms with E-state index in [-0.39, 0.29) is 5.82 Å². The molecule has 3 aromatic rings. The summed E-state index contributed by atoms with van der Waals surface area (Å²) in [5.74, 6) is 0.767. The van der Waals surface area contributed by atoms with E-state index in [1.165, 1.54) is 17.8 Å². The van der Waals surface area contributed by atoms with Crippen LogP contribution in [0.25, 0.3) is 0 Å². The smallest absolute Gasteiger partial charge is 0.276 e. The molecule has 0 aliphatic rings. The monoisotopic (exact) mass is 321 g/mol. The predicted molar refractivity (Wildman–Crippen MR) is 79.9 cm³/mol. The minimum absolute atomic E-state index is 0.220. The molecule has 1 aromatic carbocycles. The third-order valence-corrected chi connectivity index (χ3v) is 4.45. The molecule has 4 nitrogen and oxygen atoms in total. The van der Waals surface area contributed by atoms with Crippen molar-refractivity contribution in [2.45, 2.75) is 24.3 Å². The van der Waals surface area contributed by atoms with Crippen LogP contribution >= 0.6 is 23.1 Å². The normalized spacial score (nSPS) is 11.0. The Bertz CT molecular complexity index is 741. The van der Waals surface area contributed by atoms with Crippen molar-refractivity contribution in [1.82, 2.24) is 15.2 Å². The van der Waals surface area contributed by atoms with Crippen molar-refractivity contribution in [1.29, 1.82) is 0 Å². The van der Waals surface area contributed by atoms with E-state index in [9.17, 15) is 4.39 Å². The fraction of sp³-hybridized carbons (Fsp3) is 0.214. The summed E-state index contributed by atoms with van der Waals surface area (Å²) in [5.41, 5.74) is 1.55. The summed E-state index contributed by atoms with van der Waals surface area (Å²) in [7, 11) is 0. The zero-order valence-electron chi connectivity index (χ0n) is 11.2. The molecule has 0 saturated heterocycles. The van der Waals surface area contributed by atoms with Gasteiger partial charge in [0.05, 0.1) is 17.1 Å². The summed E-state index contributed by atoms with van der Waals surface area (Å²) >= 11 is 2.92. The van der Waals surface area contributed by atoms with E-state index in [4.69, 9.17) is 4.42 Å². The second-order valence-electron chi connectivity index (χ2n) is 4.38. The molecule has 0 atom stereocenters. The lowest BCUT2D eigenvalue weighted by atomic mass is 10.2. The van der Waals surface area contributed by atoms with Gasteiger partial charge in [-0.15, -0.1) is 21.5 Å². The molecule has 0 spiro atoms. The first-order valence-corrected chi connectivity index (χ1v) is 8.17. The summed E-state index contributed by atoms with van der Waals surface area (Å²) in [5, 5.41) is 11.4. The summed E-state index contributed by atoms with van der Waals surface area (Å²) in [6.07, 6.45) is 0.525. The molecule has 0 radical (unpaired) electrons. The number of thiazole rings is 1. The van der Waals surface area contributed by atoms with Crippen LogP contribution in [-0.2, 0) is 12.2 Å². The predicted octanol–water partition coefficient (Wildman–Crippen LogP) is 3.86. The van der Waals surface area contributed by atoms with Gasteiger partial charge in [0.2, 0.25) is 5.89 Å². The van der Waals surface area contributed by atoms with E-state index in [0.717, 1.165) is 10.7 Å². The van der Waals surface area contributed by atoms with E-state index >= 15 is 0 Å². The van der Waals surface area contributed by atoms with Crippen LogP contribution < -0.4 is 0 Å². The minimum atomic E-state index is -0.220. The Hall–Kier alpha value is -1.73. The van der Waals surface area contributed by atoms with Crippen molar-refractivity contribution < 1.29 is 8.81 Å². The van der Waals surface area contributed by atoms with Crippen molar-refractivity contribution in [3.05, 3.63) is 57.6 Å². The average molecular weight is 321 g/mol. The van der Waals surface area contributed by atoms with Crippen molar-refractivity contribution in [2.24, 2.45) is 0 Å². The zero-order valence-corrected chi connectivity index (χ0v) is 12.9. The Labute approximate surface area is 129 Å². The molecule has 2 aromatic heterocycles. The summed E-state index contributed by atoms with van der Waals surface area (Å²) < 4.78 is 19.0.